The van der Waals surface area contributed by atoms with Gasteiger partial charge in [-0.1, -0.05) is 17.7 Å². The van der Waals surface area contributed by atoms with E-state index in [1.807, 2.05) is 25.1 Å². The molecule has 4 rings (SSSR count). The number of aliphatic carboxylic acids is 1. The third kappa shape index (κ3) is 4.47. The van der Waals surface area contributed by atoms with Gasteiger partial charge in [-0.05, 0) is 50.3 Å². The molecule has 32 heavy (non-hydrogen) atoms. The molecule has 2 N–H and O–H groups in total. The number of thiophene rings is 1. The van der Waals surface area contributed by atoms with E-state index in [4.69, 9.17) is 31.0 Å². The number of benzene rings is 1. The molecular weight excluding hydrogens is 450 g/mol. The maximum absolute atomic E-state index is 11.3. The van der Waals surface area contributed by atoms with Gasteiger partial charge in [0.25, 0.3) is 0 Å². The Balaban J connectivity index is 1.62. The van der Waals surface area contributed by atoms with Gasteiger partial charge in [0.2, 0.25) is 0 Å². The average molecular weight is 476 g/mol. The Bertz CT molecular complexity index is 1140. The Hall–Kier alpha value is -2.58. The molecule has 1 aliphatic rings. The van der Waals surface area contributed by atoms with E-state index in [2.05, 4.69) is 5.32 Å². The number of methoxy groups -OCH3 is 2. The molecule has 3 aromatic rings. The third-order valence-corrected chi connectivity index (χ3v) is 7.60. The Labute approximate surface area is 195 Å². The molecule has 0 radical (unpaired) electrons. The number of hydrogen-bond acceptors (Lipinski definition) is 7. The van der Waals surface area contributed by atoms with Crippen molar-refractivity contribution in [3.63, 3.8) is 0 Å². The molecule has 9 heteroatoms. The number of aryl methyl sites for hydroxylation is 1. The molecule has 7 nitrogen and oxygen atoms in total. The zero-order valence-corrected chi connectivity index (χ0v) is 19.8. The third-order valence-electron chi connectivity index (χ3n) is 6.02. The number of hydrogen-bond donors (Lipinski definition) is 2. The number of carboxylic acid groups (broad SMARTS) is 1. The van der Waals surface area contributed by atoms with Crippen LogP contribution in [0.3, 0.4) is 0 Å². The number of rotatable bonds is 7. The number of aromatic nitrogens is 2. The first kappa shape index (κ1) is 22.6. The molecule has 1 aliphatic carbocycles. The Morgan fingerprint density at radius 2 is 1.91 bits per heavy atom. The molecule has 0 spiro atoms. The van der Waals surface area contributed by atoms with Gasteiger partial charge in [0, 0.05) is 17.3 Å². The predicted molar refractivity (Wildman–Crippen MR) is 126 cm³/mol. The maximum Gasteiger partial charge on any atom is 0.306 e. The van der Waals surface area contributed by atoms with Crippen molar-refractivity contribution >= 4 is 44.9 Å². The van der Waals surface area contributed by atoms with Crippen LogP contribution in [0.25, 0.3) is 10.2 Å². The fraction of sp³-hybridized carbons (Fsp3) is 0.435. The van der Waals surface area contributed by atoms with Gasteiger partial charge in [-0.3, -0.25) is 4.79 Å². The molecule has 0 atom stereocenters. The smallest absolute Gasteiger partial charge is 0.306 e. The van der Waals surface area contributed by atoms with Crippen molar-refractivity contribution in [3.05, 3.63) is 39.5 Å². The number of nitrogens with one attached hydrogen (secondary N) is 1. The summed E-state index contributed by atoms with van der Waals surface area (Å²) < 4.78 is 10.7. The Morgan fingerprint density at radius 3 is 2.56 bits per heavy atom. The minimum atomic E-state index is -0.710. The summed E-state index contributed by atoms with van der Waals surface area (Å²) in [7, 11) is 3.22. The SMILES string of the molecule is COc1ccc(CNc2nc(C3CCC(C(=O)O)CC3)nc3sc(C)c(Cl)c23)cc1OC. The van der Waals surface area contributed by atoms with Crippen molar-refractivity contribution in [2.75, 3.05) is 19.5 Å². The van der Waals surface area contributed by atoms with E-state index in [1.54, 1.807) is 25.6 Å². The van der Waals surface area contributed by atoms with Gasteiger partial charge in [-0.2, -0.15) is 0 Å². The number of anilines is 1. The normalized spacial score (nSPS) is 18.5. The second-order valence-electron chi connectivity index (χ2n) is 8.01. The summed E-state index contributed by atoms with van der Waals surface area (Å²) in [5.74, 6) is 1.98. The number of nitrogens with zero attached hydrogens (tertiary/aromatic N) is 2. The van der Waals surface area contributed by atoms with Gasteiger partial charge in [-0.15, -0.1) is 11.3 Å². The second kappa shape index (κ2) is 9.50. The first-order chi connectivity index (χ1) is 15.4. The molecule has 1 saturated carbocycles. The lowest BCUT2D eigenvalue weighted by Crippen LogP contribution is -2.21. The summed E-state index contributed by atoms with van der Waals surface area (Å²) in [5.41, 5.74) is 1.01. The molecule has 2 aromatic heterocycles. The zero-order valence-electron chi connectivity index (χ0n) is 18.3. The maximum atomic E-state index is 11.3. The van der Waals surface area contributed by atoms with Crippen LogP contribution in [0.15, 0.2) is 18.2 Å². The van der Waals surface area contributed by atoms with Gasteiger partial charge in [0.15, 0.2) is 11.5 Å². The number of ether oxygens (including phenoxy) is 2. The van der Waals surface area contributed by atoms with Crippen molar-refractivity contribution in [1.29, 1.82) is 0 Å². The summed E-state index contributed by atoms with van der Waals surface area (Å²) in [6.45, 7) is 2.51. The Morgan fingerprint density at radius 1 is 1.19 bits per heavy atom. The van der Waals surface area contributed by atoms with Gasteiger partial charge < -0.3 is 19.9 Å². The lowest BCUT2D eigenvalue weighted by molar-refractivity contribution is -0.142. The molecule has 0 saturated heterocycles. The lowest BCUT2D eigenvalue weighted by Gasteiger charge is -2.25. The summed E-state index contributed by atoms with van der Waals surface area (Å²) in [4.78, 5) is 22.8. The number of fused-ring (bicyclic) bond motifs is 1. The van der Waals surface area contributed by atoms with Crippen molar-refractivity contribution in [1.82, 2.24) is 9.97 Å². The first-order valence-electron chi connectivity index (χ1n) is 10.5. The largest absolute Gasteiger partial charge is 0.493 e. The van der Waals surface area contributed by atoms with Crippen molar-refractivity contribution in [2.45, 2.75) is 45.1 Å². The highest BCUT2D eigenvalue weighted by atomic mass is 35.5. The molecule has 0 unspecified atom stereocenters. The molecular formula is C23H26ClN3O4S. The van der Waals surface area contributed by atoms with Crippen LogP contribution in [0.1, 0.15) is 47.9 Å². The highest BCUT2D eigenvalue weighted by Crippen LogP contribution is 2.41. The van der Waals surface area contributed by atoms with E-state index in [0.717, 1.165) is 39.3 Å². The molecule has 1 fully saturated rings. The van der Waals surface area contributed by atoms with Crippen LogP contribution in [0.5, 0.6) is 11.5 Å². The van der Waals surface area contributed by atoms with Crippen LogP contribution < -0.4 is 14.8 Å². The van der Waals surface area contributed by atoms with E-state index < -0.39 is 5.97 Å². The molecule has 0 amide bonds. The van der Waals surface area contributed by atoms with E-state index in [9.17, 15) is 9.90 Å². The van der Waals surface area contributed by atoms with Crippen LogP contribution in [-0.2, 0) is 11.3 Å². The van der Waals surface area contributed by atoms with E-state index >= 15 is 0 Å². The standard InChI is InChI=1S/C23H26ClN3O4S/c1-12-19(24)18-21(25-11-13-4-9-16(30-2)17(10-13)31-3)26-20(27-22(18)32-12)14-5-7-15(8-6-14)23(28)29/h4,9-10,14-15H,5-8,11H2,1-3H3,(H,28,29)(H,25,26,27). The summed E-state index contributed by atoms with van der Waals surface area (Å²) in [5, 5.41) is 14.2. The van der Waals surface area contributed by atoms with Crippen LogP contribution in [0.4, 0.5) is 5.82 Å². The number of halogens is 1. The monoisotopic (exact) mass is 475 g/mol. The van der Waals surface area contributed by atoms with Gasteiger partial charge in [-0.25, -0.2) is 9.97 Å². The average Bonchev–Trinajstić information content (AvgIpc) is 3.10. The molecule has 1 aromatic carbocycles. The molecule has 170 valence electrons. The zero-order chi connectivity index (χ0) is 22.8. The fourth-order valence-electron chi connectivity index (χ4n) is 4.18. The van der Waals surface area contributed by atoms with E-state index in [1.165, 1.54) is 0 Å². The first-order valence-corrected chi connectivity index (χ1v) is 11.7. The fourth-order valence-corrected chi connectivity index (χ4v) is 5.45. The Kier molecular flexibility index (Phi) is 6.71. The van der Waals surface area contributed by atoms with E-state index in [0.29, 0.717) is 41.7 Å². The van der Waals surface area contributed by atoms with Crippen molar-refractivity contribution in [2.24, 2.45) is 5.92 Å². The van der Waals surface area contributed by atoms with Gasteiger partial charge in [0.05, 0.1) is 30.5 Å². The topological polar surface area (TPSA) is 93.6 Å². The highest BCUT2D eigenvalue weighted by Gasteiger charge is 2.29. The number of carbonyl (C=O) groups is 1. The molecule has 0 bridgehead atoms. The van der Waals surface area contributed by atoms with Gasteiger partial charge in [0.1, 0.15) is 16.5 Å². The predicted octanol–water partition coefficient (Wildman–Crippen LogP) is 5.64. The highest BCUT2D eigenvalue weighted by molar-refractivity contribution is 7.19. The summed E-state index contributed by atoms with van der Waals surface area (Å²) in [6.07, 6.45) is 2.85. The molecule has 0 aliphatic heterocycles. The van der Waals surface area contributed by atoms with Crippen LogP contribution >= 0.6 is 22.9 Å². The lowest BCUT2D eigenvalue weighted by atomic mass is 9.81. The van der Waals surface area contributed by atoms with Crippen molar-refractivity contribution < 1.29 is 19.4 Å². The minimum Gasteiger partial charge on any atom is -0.493 e. The summed E-state index contributed by atoms with van der Waals surface area (Å²) >= 11 is 8.15. The molecule has 2 heterocycles. The van der Waals surface area contributed by atoms with Crippen LogP contribution in [-0.4, -0.2) is 35.3 Å². The van der Waals surface area contributed by atoms with Crippen LogP contribution in [0, 0.1) is 12.8 Å². The number of carboxylic acids is 1. The summed E-state index contributed by atoms with van der Waals surface area (Å²) in [6, 6.07) is 5.78. The second-order valence-corrected chi connectivity index (χ2v) is 9.59. The quantitative estimate of drug-likeness (QED) is 0.456. The van der Waals surface area contributed by atoms with Crippen LogP contribution in [0.2, 0.25) is 5.02 Å². The van der Waals surface area contributed by atoms with E-state index in [-0.39, 0.29) is 11.8 Å². The van der Waals surface area contributed by atoms with Crippen molar-refractivity contribution in [3.8, 4) is 11.5 Å². The minimum absolute atomic E-state index is 0.151. The van der Waals surface area contributed by atoms with Gasteiger partial charge >= 0.3 is 5.97 Å².